The van der Waals surface area contributed by atoms with Crippen molar-refractivity contribution in [3.63, 3.8) is 0 Å². The summed E-state index contributed by atoms with van der Waals surface area (Å²) in [4.78, 5) is 2.21. The standard InChI is InChI=1S/C14H18BrF2NO/c1-2-7-18-8-5-14(19,6-9-18)12-11(16)4-3-10(15)13(12)17/h3-4,19H,2,5-9H2,1H3. The van der Waals surface area contributed by atoms with Gasteiger partial charge in [-0.1, -0.05) is 6.92 Å². The Hall–Kier alpha value is -0.520. The first-order chi connectivity index (χ1) is 8.98. The fourth-order valence-corrected chi connectivity index (χ4v) is 3.00. The second kappa shape index (κ2) is 5.85. The van der Waals surface area contributed by atoms with Crippen LogP contribution in [0, 0.1) is 11.6 Å². The van der Waals surface area contributed by atoms with Gasteiger partial charge in [0.2, 0.25) is 0 Å². The lowest BCUT2D eigenvalue weighted by Gasteiger charge is -2.38. The van der Waals surface area contributed by atoms with Crippen molar-refractivity contribution in [3.8, 4) is 0 Å². The molecule has 5 heteroatoms. The van der Waals surface area contributed by atoms with E-state index in [1.165, 1.54) is 12.1 Å². The molecule has 0 spiro atoms. The molecule has 0 bridgehead atoms. The molecule has 1 aromatic carbocycles. The van der Waals surface area contributed by atoms with Gasteiger partial charge in [0.1, 0.15) is 11.6 Å². The number of aliphatic hydroxyl groups is 1. The van der Waals surface area contributed by atoms with Gasteiger partial charge in [-0.15, -0.1) is 0 Å². The molecule has 19 heavy (non-hydrogen) atoms. The van der Waals surface area contributed by atoms with Crippen LogP contribution in [-0.2, 0) is 5.60 Å². The third kappa shape index (κ3) is 2.98. The Labute approximate surface area is 120 Å². The Kier molecular flexibility index (Phi) is 4.58. The fourth-order valence-electron chi connectivity index (χ4n) is 2.67. The lowest BCUT2D eigenvalue weighted by atomic mass is 9.83. The second-order valence-corrected chi connectivity index (χ2v) is 5.95. The topological polar surface area (TPSA) is 23.5 Å². The molecular formula is C14H18BrF2NO. The fraction of sp³-hybridized carbons (Fsp3) is 0.571. The minimum atomic E-state index is -1.40. The van der Waals surface area contributed by atoms with Gasteiger partial charge in [0.15, 0.2) is 0 Å². The normalized spacial score (nSPS) is 19.6. The molecule has 0 aromatic heterocycles. The zero-order valence-electron chi connectivity index (χ0n) is 10.9. The first-order valence-corrected chi connectivity index (χ1v) is 7.36. The first-order valence-electron chi connectivity index (χ1n) is 6.56. The van der Waals surface area contributed by atoms with Gasteiger partial charge in [-0.25, -0.2) is 8.78 Å². The van der Waals surface area contributed by atoms with Gasteiger partial charge in [-0.2, -0.15) is 0 Å². The third-order valence-corrected chi connectivity index (χ3v) is 4.34. The van der Waals surface area contributed by atoms with Crippen LogP contribution in [-0.4, -0.2) is 29.6 Å². The van der Waals surface area contributed by atoms with E-state index in [2.05, 4.69) is 27.8 Å². The van der Waals surface area contributed by atoms with Crippen LogP contribution in [0.25, 0.3) is 0 Å². The highest BCUT2D eigenvalue weighted by molar-refractivity contribution is 9.10. The molecule has 1 aliphatic rings. The SMILES string of the molecule is CCCN1CCC(O)(c2c(F)ccc(Br)c2F)CC1. The molecule has 0 atom stereocenters. The van der Waals surface area contributed by atoms with Crippen molar-refractivity contribution in [3.05, 3.63) is 33.8 Å². The average Bonchev–Trinajstić information content (AvgIpc) is 2.38. The molecule has 1 aliphatic heterocycles. The number of benzene rings is 1. The summed E-state index contributed by atoms with van der Waals surface area (Å²) in [5, 5.41) is 10.6. The van der Waals surface area contributed by atoms with Gasteiger partial charge < -0.3 is 10.0 Å². The minimum absolute atomic E-state index is 0.188. The number of hydrogen-bond donors (Lipinski definition) is 1. The molecule has 2 rings (SSSR count). The molecular weight excluding hydrogens is 316 g/mol. The Bertz CT molecular complexity index is 459. The van der Waals surface area contributed by atoms with Crippen molar-refractivity contribution in [2.45, 2.75) is 31.8 Å². The molecule has 0 radical (unpaired) electrons. The van der Waals surface area contributed by atoms with Gasteiger partial charge in [0, 0.05) is 13.1 Å². The number of hydrogen-bond acceptors (Lipinski definition) is 2. The van der Waals surface area contributed by atoms with Crippen molar-refractivity contribution < 1.29 is 13.9 Å². The third-order valence-electron chi connectivity index (χ3n) is 3.73. The predicted molar refractivity (Wildman–Crippen MR) is 73.9 cm³/mol. The van der Waals surface area contributed by atoms with Gasteiger partial charge in [-0.05, 0) is 53.9 Å². The summed E-state index contributed by atoms with van der Waals surface area (Å²) in [5.41, 5.74) is -1.60. The number of piperidine rings is 1. The molecule has 1 aromatic rings. The van der Waals surface area contributed by atoms with Crippen LogP contribution in [0.5, 0.6) is 0 Å². The van der Waals surface area contributed by atoms with E-state index in [1.807, 2.05) is 0 Å². The Morgan fingerprint density at radius 2 is 1.95 bits per heavy atom. The summed E-state index contributed by atoms with van der Waals surface area (Å²) in [6.07, 6.45) is 1.76. The molecule has 2 nitrogen and oxygen atoms in total. The van der Waals surface area contributed by atoms with E-state index < -0.39 is 17.2 Å². The number of rotatable bonds is 3. The minimum Gasteiger partial charge on any atom is -0.385 e. The zero-order chi connectivity index (χ0) is 14.0. The Morgan fingerprint density at radius 1 is 1.32 bits per heavy atom. The van der Waals surface area contributed by atoms with Crippen molar-refractivity contribution in [2.24, 2.45) is 0 Å². The molecule has 1 N–H and O–H groups in total. The maximum Gasteiger partial charge on any atom is 0.146 e. The van der Waals surface area contributed by atoms with Crippen molar-refractivity contribution in [1.82, 2.24) is 4.90 Å². The number of nitrogens with zero attached hydrogens (tertiary/aromatic N) is 1. The summed E-state index contributed by atoms with van der Waals surface area (Å²) < 4.78 is 28.1. The van der Waals surface area contributed by atoms with Gasteiger partial charge in [-0.3, -0.25) is 0 Å². The van der Waals surface area contributed by atoms with E-state index in [1.54, 1.807) is 0 Å². The van der Waals surface area contributed by atoms with Crippen LogP contribution >= 0.6 is 15.9 Å². The second-order valence-electron chi connectivity index (χ2n) is 5.09. The van der Waals surface area contributed by atoms with Crippen LogP contribution < -0.4 is 0 Å². The van der Waals surface area contributed by atoms with Crippen LogP contribution in [0.2, 0.25) is 0 Å². The predicted octanol–water partition coefficient (Wildman–Crippen LogP) is 3.42. The summed E-state index contributed by atoms with van der Waals surface area (Å²) in [6, 6.07) is 2.52. The molecule has 1 fully saturated rings. The largest absolute Gasteiger partial charge is 0.385 e. The summed E-state index contributed by atoms with van der Waals surface area (Å²) in [5.74, 6) is -1.36. The number of likely N-dealkylation sites (tertiary alicyclic amines) is 1. The van der Waals surface area contributed by atoms with E-state index >= 15 is 0 Å². The molecule has 0 saturated carbocycles. The lowest BCUT2D eigenvalue weighted by Crippen LogP contribution is -2.43. The van der Waals surface area contributed by atoms with Crippen LogP contribution in [0.3, 0.4) is 0 Å². The summed E-state index contributed by atoms with van der Waals surface area (Å²) in [6.45, 7) is 4.37. The quantitative estimate of drug-likeness (QED) is 0.857. The first kappa shape index (κ1) is 14.9. The Balaban J connectivity index is 2.25. The highest BCUT2D eigenvalue weighted by Gasteiger charge is 2.38. The van der Waals surface area contributed by atoms with E-state index in [0.717, 1.165) is 13.0 Å². The monoisotopic (exact) mass is 333 g/mol. The molecule has 0 unspecified atom stereocenters. The van der Waals surface area contributed by atoms with E-state index in [9.17, 15) is 13.9 Å². The van der Waals surface area contributed by atoms with Gasteiger partial charge >= 0.3 is 0 Å². The zero-order valence-corrected chi connectivity index (χ0v) is 12.5. The van der Waals surface area contributed by atoms with Crippen LogP contribution in [0.15, 0.2) is 16.6 Å². The van der Waals surface area contributed by atoms with E-state index in [0.29, 0.717) is 25.9 Å². The maximum atomic E-state index is 14.1. The van der Waals surface area contributed by atoms with E-state index in [4.69, 9.17) is 0 Å². The molecule has 1 saturated heterocycles. The molecule has 106 valence electrons. The Morgan fingerprint density at radius 3 is 2.53 bits per heavy atom. The van der Waals surface area contributed by atoms with E-state index in [-0.39, 0.29) is 10.0 Å². The number of halogens is 3. The average molecular weight is 334 g/mol. The molecule has 1 heterocycles. The highest BCUT2D eigenvalue weighted by Crippen LogP contribution is 2.37. The molecule has 0 amide bonds. The highest BCUT2D eigenvalue weighted by atomic mass is 79.9. The van der Waals surface area contributed by atoms with Crippen LogP contribution in [0.1, 0.15) is 31.7 Å². The smallest absolute Gasteiger partial charge is 0.146 e. The van der Waals surface area contributed by atoms with Crippen molar-refractivity contribution in [1.29, 1.82) is 0 Å². The van der Waals surface area contributed by atoms with Gasteiger partial charge in [0.05, 0.1) is 15.6 Å². The summed E-state index contributed by atoms with van der Waals surface area (Å²) in [7, 11) is 0. The lowest BCUT2D eigenvalue weighted by molar-refractivity contribution is -0.0311. The van der Waals surface area contributed by atoms with Crippen LogP contribution in [0.4, 0.5) is 8.78 Å². The van der Waals surface area contributed by atoms with Crippen molar-refractivity contribution >= 4 is 15.9 Å². The molecule has 0 aliphatic carbocycles. The summed E-state index contributed by atoms with van der Waals surface area (Å²) >= 11 is 3.04. The van der Waals surface area contributed by atoms with Gasteiger partial charge in [0.25, 0.3) is 0 Å². The maximum absolute atomic E-state index is 14.1. The van der Waals surface area contributed by atoms with Crippen molar-refractivity contribution in [2.75, 3.05) is 19.6 Å².